The van der Waals surface area contributed by atoms with Gasteiger partial charge in [0.25, 0.3) is 5.91 Å². The fourth-order valence-corrected chi connectivity index (χ4v) is 2.99. The van der Waals surface area contributed by atoms with Crippen molar-refractivity contribution in [2.75, 3.05) is 12.4 Å². The smallest absolute Gasteiger partial charge is 0.253 e. The second-order valence-corrected chi connectivity index (χ2v) is 6.84. The molecule has 0 saturated carbocycles. The number of benzene rings is 2. The van der Waals surface area contributed by atoms with Crippen LogP contribution in [-0.4, -0.2) is 28.5 Å². The maximum absolute atomic E-state index is 12.7. The summed E-state index contributed by atoms with van der Waals surface area (Å²) in [5, 5.41) is 5.57. The summed E-state index contributed by atoms with van der Waals surface area (Å²) >= 11 is 0. The van der Waals surface area contributed by atoms with Crippen LogP contribution in [-0.2, 0) is 18.4 Å². The summed E-state index contributed by atoms with van der Waals surface area (Å²) < 4.78 is 12.6. The zero-order valence-corrected chi connectivity index (χ0v) is 18.6. The minimum Gasteiger partial charge on any atom is -0.493 e. The number of aromatic nitrogens is 2. The number of anilines is 1. The quantitative estimate of drug-likeness (QED) is 0.410. The number of hydrogen-bond donors (Lipinski definition) is 2. The Hall–Kier alpha value is -4.51. The zero-order valence-electron chi connectivity index (χ0n) is 18.6. The normalized spacial score (nSPS) is 10.3. The molecule has 0 aliphatic heterocycles. The van der Waals surface area contributed by atoms with E-state index in [1.165, 1.54) is 13.2 Å². The SMILES string of the molecule is CC#COc1c(/C=C/C(=O)Nc2ccccc2C(=O)NCc2nccn2C)cccc1OC. The fourth-order valence-electron chi connectivity index (χ4n) is 2.99. The number of para-hydroxylation sites is 2. The molecule has 0 unspecified atom stereocenters. The summed E-state index contributed by atoms with van der Waals surface area (Å²) in [6.07, 6.45) is 8.94. The highest BCUT2D eigenvalue weighted by molar-refractivity contribution is 6.07. The first-order chi connectivity index (χ1) is 16.0. The Morgan fingerprint density at radius 1 is 1.18 bits per heavy atom. The van der Waals surface area contributed by atoms with Gasteiger partial charge in [-0.3, -0.25) is 9.59 Å². The predicted molar refractivity (Wildman–Crippen MR) is 126 cm³/mol. The number of imidazole rings is 1. The van der Waals surface area contributed by atoms with Crippen LogP contribution in [0.2, 0.25) is 0 Å². The average molecular weight is 444 g/mol. The molecule has 1 heterocycles. The topological polar surface area (TPSA) is 94.5 Å². The van der Waals surface area contributed by atoms with Crippen molar-refractivity contribution in [1.29, 1.82) is 0 Å². The van der Waals surface area contributed by atoms with E-state index in [9.17, 15) is 9.59 Å². The van der Waals surface area contributed by atoms with E-state index in [0.29, 0.717) is 28.3 Å². The number of aryl methyl sites for hydroxylation is 1. The van der Waals surface area contributed by atoms with Crippen LogP contribution < -0.4 is 20.1 Å². The summed E-state index contributed by atoms with van der Waals surface area (Å²) in [5.41, 5.74) is 1.36. The molecule has 2 aromatic carbocycles. The van der Waals surface area contributed by atoms with Crippen molar-refractivity contribution in [3.63, 3.8) is 0 Å². The molecule has 3 rings (SSSR count). The second-order valence-electron chi connectivity index (χ2n) is 6.84. The lowest BCUT2D eigenvalue weighted by Crippen LogP contribution is -2.25. The number of methoxy groups -OCH3 is 1. The third-order valence-electron chi connectivity index (χ3n) is 4.66. The largest absolute Gasteiger partial charge is 0.493 e. The van der Waals surface area contributed by atoms with Crippen LogP contribution >= 0.6 is 0 Å². The van der Waals surface area contributed by atoms with Gasteiger partial charge in [0.15, 0.2) is 11.5 Å². The van der Waals surface area contributed by atoms with Crippen LogP contribution in [0.3, 0.4) is 0 Å². The van der Waals surface area contributed by atoms with Crippen LogP contribution in [0, 0.1) is 12.0 Å². The van der Waals surface area contributed by atoms with E-state index in [1.807, 2.05) is 11.6 Å². The monoisotopic (exact) mass is 444 g/mol. The molecule has 2 N–H and O–H groups in total. The predicted octanol–water partition coefficient (Wildman–Crippen LogP) is 3.37. The van der Waals surface area contributed by atoms with Crippen molar-refractivity contribution in [3.05, 3.63) is 77.9 Å². The molecule has 8 nitrogen and oxygen atoms in total. The van der Waals surface area contributed by atoms with Gasteiger partial charge in [-0.1, -0.05) is 30.2 Å². The summed E-state index contributed by atoms with van der Waals surface area (Å²) in [5.74, 6) is 3.55. The third-order valence-corrected chi connectivity index (χ3v) is 4.66. The number of hydrogen-bond acceptors (Lipinski definition) is 5. The maximum atomic E-state index is 12.7. The molecule has 0 spiro atoms. The number of nitrogens with zero attached hydrogens (tertiary/aromatic N) is 2. The Balaban J connectivity index is 1.72. The highest BCUT2D eigenvalue weighted by Gasteiger charge is 2.13. The summed E-state index contributed by atoms with van der Waals surface area (Å²) in [7, 11) is 3.38. The lowest BCUT2D eigenvalue weighted by molar-refractivity contribution is -0.111. The minimum atomic E-state index is -0.408. The van der Waals surface area contributed by atoms with E-state index in [0.717, 1.165) is 5.82 Å². The zero-order chi connectivity index (χ0) is 23.6. The minimum absolute atomic E-state index is 0.268. The van der Waals surface area contributed by atoms with Gasteiger partial charge in [0, 0.05) is 38.0 Å². The van der Waals surface area contributed by atoms with Gasteiger partial charge >= 0.3 is 0 Å². The highest BCUT2D eigenvalue weighted by atomic mass is 16.5. The molecule has 3 aromatic rings. The number of rotatable bonds is 8. The second kappa shape index (κ2) is 11.2. The number of ether oxygens (including phenoxy) is 2. The van der Waals surface area contributed by atoms with Gasteiger partial charge in [-0.25, -0.2) is 4.98 Å². The molecule has 2 amide bonds. The first-order valence-corrected chi connectivity index (χ1v) is 10.1. The average Bonchev–Trinajstić information content (AvgIpc) is 3.24. The van der Waals surface area contributed by atoms with E-state index in [-0.39, 0.29) is 12.5 Å². The van der Waals surface area contributed by atoms with Gasteiger partial charge in [0.05, 0.1) is 24.9 Å². The Labute approximate surface area is 192 Å². The molecule has 0 aliphatic rings. The van der Waals surface area contributed by atoms with Crippen LogP contribution in [0.4, 0.5) is 5.69 Å². The molecule has 0 aliphatic carbocycles. The van der Waals surface area contributed by atoms with Gasteiger partial charge in [-0.2, -0.15) is 0 Å². The van der Waals surface area contributed by atoms with Gasteiger partial charge < -0.3 is 24.7 Å². The van der Waals surface area contributed by atoms with Gasteiger partial charge in [0.2, 0.25) is 5.91 Å². The Bertz CT molecular complexity index is 1230. The molecule has 8 heteroatoms. The molecule has 33 heavy (non-hydrogen) atoms. The first-order valence-electron chi connectivity index (χ1n) is 10.1. The van der Waals surface area contributed by atoms with Crippen molar-refractivity contribution < 1.29 is 19.1 Å². The molecular formula is C25H24N4O4. The van der Waals surface area contributed by atoms with E-state index in [1.54, 1.807) is 67.9 Å². The lowest BCUT2D eigenvalue weighted by atomic mass is 10.1. The van der Waals surface area contributed by atoms with E-state index in [2.05, 4.69) is 27.6 Å². The summed E-state index contributed by atoms with van der Waals surface area (Å²) in [4.78, 5) is 29.5. The highest BCUT2D eigenvalue weighted by Crippen LogP contribution is 2.31. The standard InChI is InChI=1S/C25H24N4O4/c1-4-16-33-24-18(8-7-11-21(24)32-3)12-13-23(30)28-20-10-6-5-9-19(20)25(31)27-17-22-26-14-15-29(22)2/h5-15H,17H2,1-3H3,(H,27,31)(H,28,30)/b13-12+. The van der Waals surface area contributed by atoms with Crippen molar-refractivity contribution in [3.8, 4) is 23.5 Å². The lowest BCUT2D eigenvalue weighted by Gasteiger charge is -2.11. The van der Waals surface area contributed by atoms with Crippen LogP contribution in [0.1, 0.15) is 28.7 Å². The van der Waals surface area contributed by atoms with Crippen LogP contribution in [0.15, 0.2) is 60.9 Å². The van der Waals surface area contributed by atoms with Crippen molar-refractivity contribution >= 4 is 23.6 Å². The molecule has 0 bridgehead atoms. The Morgan fingerprint density at radius 2 is 2.00 bits per heavy atom. The Morgan fingerprint density at radius 3 is 2.73 bits per heavy atom. The molecule has 1 aromatic heterocycles. The summed E-state index contributed by atoms with van der Waals surface area (Å²) in [6, 6.07) is 12.1. The van der Waals surface area contributed by atoms with Crippen molar-refractivity contribution in [2.45, 2.75) is 13.5 Å². The van der Waals surface area contributed by atoms with Crippen molar-refractivity contribution in [2.24, 2.45) is 7.05 Å². The van der Waals surface area contributed by atoms with Gasteiger partial charge in [-0.15, -0.1) is 0 Å². The van der Waals surface area contributed by atoms with E-state index >= 15 is 0 Å². The molecule has 168 valence electrons. The molecule has 0 fully saturated rings. The van der Waals surface area contributed by atoms with Gasteiger partial charge in [-0.05, 0) is 24.3 Å². The number of nitrogens with one attached hydrogen (secondary N) is 2. The number of carbonyl (C=O) groups is 2. The molecule has 0 saturated heterocycles. The molecular weight excluding hydrogens is 420 g/mol. The van der Waals surface area contributed by atoms with Gasteiger partial charge in [0.1, 0.15) is 11.9 Å². The van der Waals surface area contributed by atoms with Crippen molar-refractivity contribution in [1.82, 2.24) is 14.9 Å². The summed E-state index contributed by atoms with van der Waals surface area (Å²) in [6.45, 7) is 1.92. The fraction of sp³-hybridized carbons (Fsp3) is 0.160. The first kappa shape index (κ1) is 23.2. The molecule has 0 atom stereocenters. The third kappa shape index (κ3) is 6.02. The Kier molecular flexibility index (Phi) is 7.86. The maximum Gasteiger partial charge on any atom is 0.253 e. The van der Waals surface area contributed by atoms with Crippen LogP contribution in [0.25, 0.3) is 6.08 Å². The van der Waals surface area contributed by atoms with E-state index in [4.69, 9.17) is 9.47 Å². The molecule has 0 radical (unpaired) electrons. The van der Waals surface area contributed by atoms with E-state index < -0.39 is 5.91 Å². The van der Waals surface area contributed by atoms with Crippen LogP contribution in [0.5, 0.6) is 11.5 Å². The number of amides is 2. The number of carbonyl (C=O) groups excluding carboxylic acids is 2.